The number of methoxy groups -OCH3 is 1. The average Bonchev–Trinajstić information content (AvgIpc) is 3.42. The van der Waals surface area contributed by atoms with E-state index in [1.54, 1.807) is 47.4 Å². The highest BCUT2D eigenvalue weighted by Gasteiger charge is 2.40. The molecule has 1 aliphatic rings. The molecule has 0 saturated heterocycles. The zero-order valence-electron chi connectivity index (χ0n) is 23.8. The largest absolute Gasteiger partial charge is 0.497 e. The molecule has 6 aromatic rings. The molecule has 1 N–H and O–H groups in total. The van der Waals surface area contributed by atoms with E-state index in [0.717, 1.165) is 49.1 Å². The first-order valence-electron chi connectivity index (χ1n) is 14.1. The number of fused-ring (bicyclic) bond motifs is 4. The number of sulfonamides is 1. The number of thioether (sulfide) groups is 1. The van der Waals surface area contributed by atoms with Crippen molar-refractivity contribution in [3.8, 4) is 17.2 Å². The summed E-state index contributed by atoms with van der Waals surface area (Å²) in [6, 6.07) is 34.1. The number of hydrogen-bond donors (Lipinski definition) is 1. The predicted octanol–water partition coefficient (Wildman–Crippen LogP) is 8.18. The Morgan fingerprint density at radius 1 is 0.814 bits per heavy atom. The van der Waals surface area contributed by atoms with Gasteiger partial charge in [-0.15, -0.1) is 11.8 Å². The van der Waals surface area contributed by atoms with Crippen LogP contribution < -0.4 is 9.47 Å². The van der Waals surface area contributed by atoms with E-state index in [1.165, 1.54) is 0 Å². The van der Waals surface area contributed by atoms with E-state index in [4.69, 9.17) is 9.47 Å². The first-order chi connectivity index (χ1) is 21.0. The van der Waals surface area contributed by atoms with Crippen molar-refractivity contribution < 1.29 is 17.9 Å². The van der Waals surface area contributed by atoms with Gasteiger partial charge in [0.2, 0.25) is 10.0 Å². The van der Waals surface area contributed by atoms with Crippen LogP contribution >= 0.6 is 11.8 Å². The minimum absolute atomic E-state index is 0.226. The van der Waals surface area contributed by atoms with Gasteiger partial charge in [0.15, 0.2) is 0 Å². The van der Waals surface area contributed by atoms with E-state index in [1.807, 2.05) is 73.0 Å². The number of aromatic amines is 1. The average molecular weight is 607 g/mol. The number of rotatable bonds is 7. The van der Waals surface area contributed by atoms with Gasteiger partial charge >= 0.3 is 0 Å². The summed E-state index contributed by atoms with van der Waals surface area (Å²) in [6.45, 7) is 0.341. The molecule has 0 amide bonds. The molecule has 0 saturated carbocycles. The molecule has 8 heteroatoms. The second-order valence-corrected chi connectivity index (χ2v) is 13.3. The van der Waals surface area contributed by atoms with E-state index in [-0.39, 0.29) is 4.90 Å². The second-order valence-electron chi connectivity index (χ2n) is 10.5. The van der Waals surface area contributed by atoms with Crippen molar-refractivity contribution >= 4 is 43.5 Å². The minimum atomic E-state index is -3.89. The summed E-state index contributed by atoms with van der Waals surface area (Å²) in [6.07, 6.45) is 2.61. The van der Waals surface area contributed by atoms with Gasteiger partial charge in [-0.05, 0) is 101 Å². The van der Waals surface area contributed by atoms with Crippen LogP contribution in [-0.4, -0.2) is 37.6 Å². The van der Waals surface area contributed by atoms with E-state index < -0.39 is 16.1 Å². The molecule has 1 aliphatic heterocycles. The van der Waals surface area contributed by atoms with Crippen LogP contribution in [0.5, 0.6) is 17.2 Å². The maximum atomic E-state index is 14.4. The Labute approximate surface area is 255 Å². The standard InChI is InChI=1S/C35H30N2O4S2/c1-40-26-14-19-33-32(22-26)30-20-21-37(35(34(30)36-33)31-9-5-7-23-6-3-4-8-29(23)31)43(38,39)28-17-12-25(13-18-28)41-24-10-15-27(42-2)16-11-24/h3-19,22,35-36H,20-21H2,1-2H3. The SMILES string of the molecule is COc1ccc2[nH]c3c(c2c1)CCN(S(=O)(=O)c1ccc(Oc2ccc(SC)cc2)cc1)C3c1cccc2ccccc12. The Balaban J connectivity index is 1.31. The lowest BCUT2D eigenvalue weighted by atomic mass is 9.91. The lowest BCUT2D eigenvalue weighted by Crippen LogP contribution is -2.40. The molecule has 7 rings (SSSR count). The summed E-state index contributed by atoms with van der Waals surface area (Å²) < 4.78 is 42.0. The van der Waals surface area contributed by atoms with Crippen molar-refractivity contribution in [1.82, 2.24) is 9.29 Å². The molecule has 43 heavy (non-hydrogen) atoms. The highest BCUT2D eigenvalue weighted by atomic mass is 32.2. The molecule has 216 valence electrons. The second kappa shape index (κ2) is 11.1. The van der Waals surface area contributed by atoms with Crippen LogP contribution in [0.1, 0.15) is 22.9 Å². The first kappa shape index (κ1) is 27.6. The number of ether oxygens (including phenoxy) is 2. The molecule has 0 radical (unpaired) electrons. The fraction of sp³-hybridized carbons (Fsp3) is 0.143. The molecule has 6 nitrogen and oxygen atoms in total. The fourth-order valence-electron chi connectivity index (χ4n) is 6.03. The third-order valence-corrected chi connectivity index (χ3v) is 10.8. The third-order valence-electron chi connectivity index (χ3n) is 8.13. The molecule has 0 aliphatic carbocycles. The number of nitrogens with one attached hydrogen (secondary N) is 1. The van der Waals surface area contributed by atoms with Gasteiger partial charge in [0, 0.05) is 28.0 Å². The van der Waals surface area contributed by atoms with Gasteiger partial charge in [-0.2, -0.15) is 4.31 Å². The molecular weight excluding hydrogens is 577 g/mol. The molecule has 1 aromatic heterocycles. The van der Waals surface area contributed by atoms with Gasteiger partial charge in [0.05, 0.1) is 18.0 Å². The number of benzene rings is 5. The Hall–Kier alpha value is -4.24. The van der Waals surface area contributed by atoms with Gasteiger partial charge < -0.3 is 14.5 Å². The number of hydrogen-bond acceptors (Lipinski definition) is 5. The van der Waals surface area contributed by atoms with Crippen molar-refractivity contribution in [2.45, 2.75) is 22.3 Å². The van der Waals surface area contributed by atoms with E-state index in [0.29, 0.717) is 24.5 Å². The van der Waals surface area contributed by atoms with E-state index >= 15 is 0 Å². The van der Waals surface area contributed by atoms with Crippen LogP contribution in [0.4, 0.5) is 0 Å². The summed E-state index contributed by atoms with van der Waals surface area (Å²) in [4.78, 5) is 4.97. The Bertz CT molecular complexity index is 2050. The third kappa shape index (κ3) is 4.95. The van der Waals surface area contributed by atoms with Gasteiger partial charge in [-0.1, -0.05) is 42.5 Å². The molecule has 2 heterocycles. The van der Waals surface area contributed by atoms with Crippen LogP contribution in [0.15, 0.2) is 119 Å². The minimum Gasteiger partial charge on any atom is -0.497 e. The van der Waals surface area contributed by atoms with Crippen molar-refractivity contribution in [1.29, 1.82) is 0 Å². The number of aromatic nitrogens is 1. The Morgan fingerprint density at radius 3 is 2.26 bits per heavy atom. The molecule has 0 bridgehead atoms. The quantitative estimate of drug-likeness (QED) is 0.186. The fourth-order valence-corrected chi connectivity index (χ4v) is 8.01. The molecule has 0 spiro atoms. The van der Waals surface area contributed by atoms with E-state index in [9.17, 15) is 8.42 Å². The Morgan fingerprint density at radius 2 is 1.51 bits per heavy atom. The van der Waals surface area contributed by atoms with E-state index in [2.05, 4.69) is 23.2 Å². The van der Waals surface area contributed by atoms with Crippen molar-refractivity contribution in [2.24, 2.45) is 0 Å². The number of H-pyrrole nitrogens is 1. The van der Waals surface area contributed by atoms with Crippen molar-refractivity contribution in [2.75, 3.05) is 19.9 Å². The predicted molar refractivity (Wildman–Crippen MR) is 173 cm³/mol. The normalized spacial score (nSPS) is 15.4. The Kier molecular flexibility index (Phi) is 7.13. The van der Waals surface area contributed by atoms with Crippen molar-refractivity contribution in [3.05, 3.63) is 126 Å². The maximum Gasteiger partial charge on any atom is 0.244 e. The summed E-state index contributed by atoms with van der Waals surface area (Å²) in [5, 5.41) is 3.15. The zero-order valence-corrected chi connectivity index (χ0v) is 25.4. The molecule has 5 aromatic carbocycles. The summed E-state index contributed by atoms with van der Waals surface area (Å²) in [5.74, 6) is 2.05. The van der Waals surface area contributed by atoms with Gasteiger partial charge in [0.1, 0.15) is 17.2 Å². The van der Waals surface area contributed by atoms with Gasteiger partial charge in [0.25, 0.3) is 0 Å². The van der Waals surface area contributed by atoms with Gasteiger partial charge in [-0.25, -0.2) is 8.42 Å². The first-order valence-corrected chi connectivity index (χ1v) is 16.7. The molecular formula is C35H30N2O4S2. The lowest BCUT2D eigenvalue weighted by Gasteiger charge is -2.35. The van der Waals surface area contributed by atoms with Crippen LogP contribution in [0.3, 0.4) is 0 Å². The monoisotopic (exact) mass is 606 g/mol. The zero-order chi connectivity index (χ0) is 29.6. The van der Waals surface area contributed by atoms with Crippen molar-refractivity contribution in [3.63, 3.8) is 0 Å². The maximum absolute atomic E-state index is 14.4. The lowest BCUT2D eigenvalue weighted by molar-refractivity contribution is 0.342. The van der Waals surface area contributed by atoms with Crippen LogP contribution in [0.2, 0.25) is 0 Å². The molecule has 0 fully saturated rings. The summed E-state index contributed by atoms with van der Waals surface area (Å²) in [7, 11) is -2.23. The molecule has 1 atom stereocenters. The summed E-state index contributed by atoms with van der Waals surface area (Å²) in [5.41, 5.74) is 3.91. The topological polar surface area (TPSA) is 71.6 Å². The molecule has 1 unspecified atom stereocenters. The van der Waals surface area contributed by atoms with Crippen LogP contribution in [0.25, 0.3) is 21.7 Å². The number of nitrogens with zero attached hydrogens (tertiary/aromatic N) is 1. The van der Waals surface area contributed by atoms with Crippen LogP contribution in [0, 0.1) is 0 Å². The van der Waals surface area contributed by atoms with Crippen LogP contribution in [-0.2, 0) is 16.4 Å². The highest BCUT2D eigenvalue weighted by Crippen LogP contribution is 2.43. The summed E-state index contributed by atoms with van der Waals surface area (Å²) >= 11 is 1.66. The smallest absolute Gasteiger partial charge is 0.244 e. The highest BCUT2D eigenvalue weighted by molar-refractivity contribution is 7.98. The van der Waals surface area contributed by atoms with Gasteiger partial charge in [-0.3, -0.25) is 0 Å².